The van der Waals surface area contributed by atoms with Gasteiger partial charge in [0, 0.05) is 55.5 Å². The Bertz CT molecular complexity index is 5970. The lowest BCUT2D eigenvalue weighted by Gasteiger charge is -2.31. The van der Waals surface area contributed by atoms with Gasteiger partial charge in [-0.25, -0.2) is 4.79 Å². The molecule has 0 saturated heterocycles. The van der Waals surface area contributed by atoms with Crippen molar-refractivity contribution < 1.29 is 86.2 Å². The minimum Gasteiger partial charge on any atom is -0.493 e. The number of hydrogen-bond acceptors (Lipinski definition) is 20. The number of nitrogens with zero attached hydrogens (tertiary/aromatic N) is 3. The lowest BCUT2D eigenvalue weighted by molar-refractivity contribution is -0.162. The second-order valence-electron chi connectivity index (χ2n) is 43.1. The third-order valence-electron chi connectivity index (χ3n) is 22.1. The van der Waals surface area contributed by atoms with Crippen molar-refractivity contribution >= 4 is 56.6 Å². The Hall–Kier alpha value is -11.3. The predicted octanol–water partition coefficient (Wildman–Crippen LogP) is 24.4. The van der Waals surface area contributed by atoms with Crippen molar-refractivity contribution in [3.05, 3.63) is 207 Å². The minimum atomic E-state index is -1.12. The molecule has 728 valence electrons. The highest BCUT2D eigenvalue weighted by atomic mass is 16.6. The molecule has 0 aliphatic carbocycles. The molecule has 0 spiro atoms. The van der Waals surface area contributed by atoms with Gasteiger partial charge < -0.3 is 67.1 Å². The Labute approximate surface area is 806 Å². The number of carboxylic acid groups (broad SMARTS) is 1. The van der Waals surface area contributed by atoms with Crippen LogP contribution in [0.15, 0.2) is 146 Å². The van der Waals surface area contributed by atoms with Crippen LogP contribution in [0.5, 0.6) is 23.0 Å². The number of carbonyl (C=O) groups is 4. The van der Waals surface area contributed by atoms with Crippen LogP contribution in [0.2, 0.25) is 0 Å². The second kappa shape index (κ2) is 45.3. The molecule has 0 bridgehead atoms. The van der Waals surface area contributed by atoms with Crippen LogP contribution < -0.4 is 18.9 Å². The number of aromatic nitrogens is 3. The van der Waals surface area contributed by atoms with Crippen LogP contribution in [0.25, 0.3) is 66.1 Å². The largest absolute Gasteiger partial charge is 0.493 e. The second-order valence-corrected chi connectivity index (χ2v) is 43.1. The molecule has 0 fully saturated rings. The van der Waals surface area contributed by atoms with E-state index in [1.807, 2.05) is 251 Å². The number of aryl methyl sites for hydroxylation is 7. The number of para-hydroxylation sites is 3. The minimum absolute atomic E-state index is 0.0980. The van der Waals surface area contributed by atoms with Gasteiger partial charge in [-0.3, -0.25) is 29.3 Å². The summed E-state index contributed by atoms with van der Waals surface area (Å²) in [5.74, 6) is 10.7. The van der Waals surface area contributed by atoms with Crippen LogP contribution in [0.1, 0.15) is 272 Å². The summed E-state index contributed by atoms with van der Waals surface area (Å²) in [5.41, 5.74) is 15.7. The standard InChI is InChI=1S/C30H37NO4.C25H27NO4.C25H29NO3.C22H30O4.C13H22O3/c1-19-26(25(35-30(5,6)7)18-34-28(32)29(2,3)4)27(22-12-8-9-13-23(22)31-19)21-14-15-24-20(17-21)11-10-16-33-24;1-15-21(23(24(27)28)30-25(2,3)4)22(18-9-5-6-10-19(18)26-15)17-11-12-20-16(14-17)8-7-13-29-20;1-16-23(22(15-27)29-25(2,3)4)24(19-9-5-6-10-20(19)26-16)18-11-12-21-17(14-18)8-7-13-28-21;1-21(2,3)20(23)25-15-18(26-22(4,5)6)11-9-16-10-12-19-17(14-16)8-7-13-24-19;1-8-10(16-13(5,6)7)9-15-11(14)12(2,3)4/h8-9,12-15,17,25H,10-11,16,18H2,1-7H3;5-6,9-12,14,23H,7-8,13H2,1-4H3,(H,27,28);5-6,9-12,14,22,27H,7-8,13,15H2,1-4H3;10,12,14,18H,7-8,13,15H2,1-6H3;1,10H,9H2,2-7H3/t25-;23-;22-;18-;10-/m10111/s1. The Balaban J connectivity index is 0.000000179. The quantitative estimate of drug-likeness (QED) is 0.0433. The first-order chi connectivity index (χ1) is 63.7. The highest BCUT2D eigenvalue weighted by Gasteiger charge is 2.37. The molecule has 0 unspecified atom stereocenters. The first kappa shape index (κ1) is 107. The molecule has 21 heteroatoms. The van der Waals surface area contributed by atoms with E-state index in [9.17, 15) is 29.4 Å². The molecular weight excluding hydrogens is 1710 g/mol. The van der Waals surface area contributed by atoms with E-state index in [2.05, 4.69) is 78.4 Å². The van der Waals surface area contributed by atoms with Crippen molar-refractivity contribution in [3.8, 4) is 80.6 Å². The maximum atomic E-state index is 12.7. The average molecular weight is 1860 g/mol. The van der Waals surface area contributed by atoms with Gasteiger partial charge in [-0.2, -0.15) is 0 Å². The van der Waals surface area contributed by atoms with Crippen LogP contribution in [0.4, 0.5) is 0 Å². The summed E-state index contributed by atoms with van der Waals surface area (Å²) in [5, 5.41) is 23.3. The molecule has 0 amide bonds. The van der Waals surface area contributed by atoms with E-state index >= 15 is 0 Å². The van der Waals surface area contributed by atoms with E-state index in [1.54, 1.807) is 20.8 Å². The van der Waals surface area contributed by atoms with Crippen LogP contribution in [0.3, 0.4) is 0 Å². The van der Waals surface area contributed by atoms with Crippen molar-refractivity contribution in [1.29, 1.82) is 0 Å². The van der Waals surface area contributed by atoms with Crippen molar-refractivity contribution in [1.82, 2.24) is 15.0 Å². The molecule has 4 aliphatic rings. The Morgan fingerprint density at radius 2 is 0.691 bits per heavy atom. The number of rotatable bonds is 19. The third kappa shape index (κ3) is 30.4. The maximum Gasteiger partial charge on any atom is 0.337 e. The molecule has 10 aromatic rings. The summed E-state index contributed by atoms with van der Waals surface area (Å²) in [6, 6.07) is 49.1. The zero-order valence-electron chi connectivity index (χ0n) is 85.4. The van der Waals surface area contributed by atoms with Gasteiger partial charge in [-0.05, 0) is 367 Å². The number of fused-ring (bicyclic) bond motifs is 7. The van der Waals surface area contributed by atoms with Crippen LogP contribution >= 0.6 is 0 Å². The number of aliphatic hydroxyl groups excluding tert-OH is 1. The third-order valence-corrected chi connectivity index (χ3v) is 22.1. The Morgan fingerprint density at radius 1 is 0.382 bits per heavy atom. The van der Waals surface area contributed by atoms with Gasteiger partial charge in [0.05, 0.1) is 93.8 Å². The fourth-order valence-corrected chi connectivity index (χ4v) is 16.2. The van der Waals surface area contributed by atoms with E-state index in [4.69, 9.17) is 78.2 Å². The number of benzene rings is 7. The first-order valence-corrected chi connectivity index (χ1v) is 47.6. The number of ether oxygens (including phenoxy) is 12. The van der Waals surface area contributed by atoms with Crippen LogP contribution in [-0.2, 0) is 82.8 Å². The van der Waals surface area contributed by atoms with Gasteiger partial charge in [0.15, 0.2) is 18.3 Å². The van der Waals surface area contributed by atoms with Crippen molar-refractivity contribution in [3.63, 3.8) is 0 Å². The van der Waals surface area contributed by atoms with Gasteiger partial charge in [0.25, 0.3) is 0 Å². The molecule has 21 nitrogen and oxygen atoms in total. The SMILES string of the molecule is C#C[C@H](COC(=O)C(C)(C)C)OC(C)(C)C.CC(C)(C)O[C@H](C#Cc1ccc2c(c1)CCCO2)COC(=O)C(C)(C)C.Cc1nc2ccccc2c(-c2ccc3c(c2)CCCO3)c1[C@@H](CO)OC(C)(C)C.Cc1nc2ccccc2c(-c2ccc3c(c2)CCCO3)c1[C@@H](COC(=O)C(C)(C)C)OC(C)(C)C.Cc1nc2ccccc2c(-c2ccc3c(c2)CCCO3)c1[C@H](OC(C)(C)C)C(=O)O. The molecule has 7 heterocycles. The van der Waals surface area contributed by atoms with E-state index in [1.165, 1.54) is 16.7 Å². The average Bonchev–Trinajstić information content (AvgIpc) is 0.756. The van der Waals surface area contributed by atoms with Gasteiger partial charge in [0.2, 0.25) is 0 Å². The summed E-state index contributed by atoms with van der Waals surface area (Å²) in [7, 11) is 0. The lowest BCUT2D eigenvalue weighted by atomic mass is 9.89. The molecule has 14 rings (SSSR count). The number of terminal acetylenes is 1. The zero-order valence-corrected chi connectivity index (χ0v) is 85.4. The van der Waals surface area contributed by atoms with Gasteiger partial charge in [-0.15, -0.1) is 6.42 Å². The first-order valence-electron chi connectivity index (χ1n) is 47.6. The summed E-state index contributed by atoms with van der Waals surface area (Å²) in [6.45, 7) is 54.9. The predicted molar refractivity (Wildman–Crippen MR) is 539 cm³/mol. The smallest absolute Gasteiger partial charge is 0.337 e. The summed E-state index contributed by atoms with van der Waals surface area (Å²) in [6.07, 6.45) is 10.3. The molecule has 136 heavy (non-hydrogen) atoms. The molecule has 0 radical (unpaired) electrons. The fraction of sp³-hybridized carbons (Fsp3) is 0.487. The lowest BCUT2D eigenvalue weighted by Crippen LogP contribution is -2.32. The zero-order chi connectivity index (χ0) is 99.8. The highest BCUT2D eigenvalue weighted by molar-refractivity contribution is 6.00. The normalized spacial score (nSPS) is 14.8. The summed E-state index contributed by atoms with van der Waals surface area (Å²) < 4.78 is 69.7. The summed E-state index contributed by atoms with van der Waals surface area (Å²) >= 11 is 0. The monoisotopic (exact) mass is 1860 g/mol. The molecule has 0 saturated carbocycles. The number of carbonyl (C=O) groups excluding carboxylic acids is 3. The number of carboxylic acids is 1. The van der Waals surface area contributed by atoms with E-state index in [0.717, 1.165) is 201 Å². The number of pyridine rings is 3. The summed E-state index contributed by atoms with van der Waals surface area (Å²) in [4.78, 5) is 63.0. The molecular formula is C115H145N3O18. The molecule has 3 aromatic heterocycles. The van der Waals surface area contributed by atoms with Crippen molar-refractivity contribution in [2.24, 2.45) is 16.2 Å². The number of hydrogen-bond donors (Lipinski definition) is 2. The highest BCUT2D eigenvalue weighted by Crippen LogP contribution is 2.46. The van der Waals surface area contributed by atoms with Gasteiger partial charge >= 0.3 is 23.9 Å². The van der Waals surface area contributed by atoms with Crippen LogP contribution in [0, 0.1) is 61.2 Å². The molecule has 4 aliphatic heterocycles. The fourth-order valence-electron chi connectivity index (χ4n) is 16.2. The van der Waals surface area contributed by atoms with E-state index in [0.29, 0.717) is 11.3 Å². The number of aliphatic hydroxyl groups is 1. The molecule has 7 aromatic carbocycles. The van der Waals surface area contributed by atoms with Gasteiger partial charge in [-0.1, -0.05) is 90.6 Å². The van der Waals surface area contributed by atoms with Crippen molar-refractivity contribution in [2.45, 2.75) is 297 Å². The molecule has 2 N–H and O–H groups in total. The van der Waals surface area contributed by atoms with E-state index in [-0.39, 0.29) is 61.1 Å². The Kier molecular flexibility index (Phi) is 35.6. The number of esters is 3. The van der Waals surface area contributed by atoms with Crippen LogP contribution in [-0.4, -0.2) is 142 Å². The maximum absolute atomic E-state index is 12.7. The molecule has 5 atom stereocenters. The van der Waals surface area contributed by atoms with Crippen molar-refractivity contribution in [2.75, 3.05) is 52.9 Å². The number of aliphatic carboxylic acids is 1. The Morgan fingerprint density at radius 3 is 1.04 bits per heavy atom. The topological polar surface area (TPSA) is 258 Å². The van der Waals surface area contributed by atoms with Gasteiger partial charge in [0.1, 0.15) is 55.0 Å². The van der Waals surface area contributed by atoms with E-state index < -0.39 is 63.9 Å².